The Morgan fingerprint density at radius 1 is 1.30 bits per heavy atom. The lowest BCUT2D eigenvalue weighted by Gasteiger charge is -2.11. The lowest BCUT2D eigenvalue weighted by atomic mass is 10.1. The zero-order valence-corrected chi connectivity index (χ0v) is 16.5. The van der Waals surface area contributed by atoms with Crippen LogP contribution in [0.2, 0.25) is 5.02 Å². The molecule has 146 valence electrons. The lowest BCUT2D eigenvalue weighted by molar-refractivity contribution is 0.509. The molecule has 0 saturated heterocycles. The molecule has 0 spiro atoms. The summed E-state index contributed by atoms with van der Waals surface area (Å²) in [5, 5.41) is 11.8. The monoisotopic (exact) mass is 390 g/mol. The smallest absolute Gasteiger partial charge is 0.345 e. The average Bonchev–Trinajstić information content (AvgIpc) is 3.00. The van der Waals surface area contributed by atoms with Gasteiger partial charge in [-0.15, -0.1) is 0 Å². The summed E-state index contributed by atoms with van der Waals surface area (Å²) >= 11 is 6.01. The molecule has 27 heavy (non-hydrogen) atoms. The zero-order chi connectivity index (χ0) is 19.1. The van der Waals surface area contributed by atoms with E-state index < -0.39 is 0 Å². The summed E-state index contributed by atoms with van der Waals surface area (Å²) in [6.07, 6.45) is 4.78. The molecule has 3 rings (SSSR count). The maximum absolute atomic E-state index is 12.3. The predicted molar refractivity (Wildman–Crippen MR) is 109 cm³/mol. The van der Waals surface area contributed by atoms with E-state index in [9.17, 15) is 4.79 Å². The molecule has 0 amide bonds. The normalized spacial score (nSPS) is 14.1. The molecule has 0 saturated carbocycles. The molecule has 0 unspecified atom stereocenters. The van der Waals surface area contributed by atoms with Crippen molar-refractivity contribution in [2.45, 2.75) is 45.2 Å². The van der Waals surface area contributed by atoms with Crippen molar-refractivity contribution in [1.82, 2.24) is 25.0 Å². The van der Waals surface area contributed by atoms with Gasteiger partial charge in [0.1, 0.15) is 5.82 Å². The Hall–Kier alpha value is -2.28. The Morgan fingerprint density at radius 3 is 2.93 bits per heavy atom. The molecule has 8 heteroatoms. The van der Waals surface area contributed by atoms with Crippen LogP contribution >= 0.6 is 11.6 Å². The molecule has 0 atom stereocenters. The number of nitrogens with zero attached hydrogens (tertiary/aromatic N) is 4. The molecule has 1 aliphatic rings. The number of benzene rings is 1. The molecule has 0 aliphatic carbocycles. The number of aliphatic imine (C=N–C) groups is 1. The fourth-order valence-electron chi connectivity index (χ4n) is 3.27. The van der Waals surface area contributed by atoms with Crippen LogP contribution < -0.4 is 16.3 Å². The quantitative estimate of drug-likeness (QED) is 0.429. The van der Waals surface area contributed by atoms with Crippen LogP contribution in [0, 0.1) is 0 Å². The second kappa shape index (κ2) is 9.60. The fourth-order valence-corrected chi connectivity index (χ4v) is 3.48. The van der Waals surface area contributed by atoms with Crippen LogP contribution in [0.3, 0.4) is 0 Å². The van der Waals surface area contributed by atoms with Gasteiger partial charge in [-0.1, -0.05) is 23.7 Å². The van der Waals surface area contributed by atoms with Gasteiger partial charge in [0, 0.05) is 44.7 Å². The van der Waals surface area contributed by atoms with Gasteiger partial charge in [-0.3, -0.25) is 9.56 Å². The van der Waals surface area contributed by atoms with E-state index in [1.807, 2.05) is 22.8 Å². The molecular formula is C19H27ClN6O. The lowest BCUT2D eigenvalue weighted by Crippen LogP contribution is -2.39. The van der Waals surface area contributed by atoms with Gasteiger partial charge in [0.2, 0.25) is 0 Å². The summed E-state index contributed by atoms with van der Waals surface area (Å²) in [7, 11) is 1.75. The number of hydrogen-bond donors (Lipinski definition) is 2. The number of aromatic nitrogens is 3. The first-order chi connectivity index (χ1) is 13.2. The van der Waals surface area contributed by atoms with Crippen LogP contribution in [-0.4, -0.2) is 40.4 Å². The van der Waals surface area contributed by atoms with Gasteiger partial charge in [0.15, 0.2) is 5.96 Å². The van der Waals surface area contributed by atoms with Crippen molar-refractivity contribution >= 4 is 17.6 Å². The molecule has 1 aliphatic heterocycles. The van der Waals surface area contributed by atoms with E-state index >= 15 is 0 Å². The molecule has 2 aromatic rings. The van der Waals surface area contributed by atoms with Gasteiger partial charge in [-0.2, -0.15) is 5.10 Å². The van der Waals surface area contributed by atoms with E-state index in [1.165, 1.54) is 5.56 Å². The Labute approximate surface area is 164 Å². The van der Waals surface area contributed by atoms with E-state index in [1.54, 1.807) is 11.7 Å². The largest absolute Gasteiger partial charge is 0.356 e. The SMILES string of the molecule is CN=C(NCCCn1nc2n(c1=O)CCCC2)NCCc1cccc(Cl)c1. The Kier molecular flexibility index (Phi) is 6.92. The van der Waals surface area contributed by atoms with Crippen molar-refractivity contribution in [1.29, 1.82) is 0 Å². The Balaban J connectivity index is 1.39. The van der Waals surface area contributed by atoms with Crippen LogP contribution in [0.1, 0.15) is 30.7 Å². The van der Waals surface area contributed by atoms with Crippen LogP contribution in [0.5, 0.6) is 0 Å². The standard InChI is InChI=1S/C19H27ClN6O/c1-21-18(23-11-9-15-6-4-7-16(20)14-15)22-10-5-13-26-19(27)25-12-3-2-8-17(25)24-26/h4,6-7,14H,2-3,5,8-13H2,1H3,(H2,21,22,23). The highest BCUT2D eigenvalue weighted by Crippen LogP contribution is 2.11. The second-order valence-electron chi connectivity index (χ2n) is 6.69. The highest BCUT2D eigenvalue weighted by atomic mass is 35.5. The number of fused-ring (bicyclic) bond motifs is 1. The van der Waals surface area contributed by atoms with E-state index in [2.05, 4.69) is 26.8 Å². The minimum absolute atomic E-state index is 0.0220. The van der Waals surface area contributed by atoms with E-state index in [0.29, 0.717) is 6.54 Å². The van der Waals surface area contributed by atoms with Gasteiger partial charge >= 0.3 is 5.69 Å². The zero-order valence-electron chi connectivity index (χ0n) is 15.7. The number of halogens is 1. The topological polar surface area (TPSA) is 76.2 Å². The first-order valence-corrected chi connectivity index (χ1v) is 9.90. The number of guanidine groups is 1. The van der Waals surface area contributed by atoms with Crippen LogP contribution in [0.15, 0.2) is 34.1 Å². The first-order valence-electron chi connectivity index (χ1n) is 9.53. The van der Waals surface area contributed by atoms with Crippen molar-refractivity contribution in [3.63, 3.8) is 0 Å². The van der Waals surface area contributed by atoms with E-state index in [0.717, 1.165) is 68.5 Å². The summed E-state index contributed by atoms with van der Waals surface area (Å²) < 4.78 is 3.41. The van der Waals surface area contributed by atoms with Gasteiger partial charge in [-0.25, -0.2) is 9.48 Å². The van der Waals surface area contributed by atoms with E-state index in [4.69, 9.17) is 11.6 Å². The second-order valence-corrected chi connectivity index (χ2v) is 7.13. The maximum Gasteiger partial charge on any atom is 0.345 e. The van der Waals surface area contributed by atoms with Crippen LogP contribution in [0.4, 0.5) is 0 Å². The summed E-state index contributed by atoms with van der Waals surface area (Å²) in [6, 6.07) is 7.87. The average molecular weight is 391 g/mol. The summed E-state index contributed by atoms with van der Waals surface area (Å²) in [6.45, 7) is 2.92. The fraction of sp³-hybridized carbons (Fsp3) is 0.526. The minimum Gasteiger partial charge on any atom is -0.356 e. The van der Waals surface area contributed by atoms with Gasteiger partial charge in [-0.05, 0) is 43.4 Å². The van der Waals surface area contributed by atoms with Crippen molar-refractivity contribution in [3.05, 3.63) is 51.2 Å². The molecule has 0 fully saturated rings. The third kappa shape index (κ3) is 5.35. The van der Waals surface area contributed by atoms with Gasteiger partial charge in [0.25, 0.3) is 0 Å². The highest BCUT2D eigenvalue weighted by molar-refractivity contribution is 6.30. The number of rotatable bonds is 7. The van der Waals surface area contributed by atoms with E-state index in [-0.39, 0.29) is 5.69 Å². The third-order valence-electron chi connectivity index (χ3n) is 4.69. The first kappa shape index (κ1) is 19.5. The predicted octanol–water partition coefficient (Wildman–Crippen LogP) is 1.83. The summed E-state index contributed by atoms with van der Waals surface area (Å²) in [4.78, 5) is 16.5. The van der Waals surface area contributed by atoms with Crippen molar-refractivity contribution in [2.75, 3.05) is 20.1 Å². The van der Waals surface area contributed by atoms with Gasteiger partial charge < -0.3 is 10.6 Å². The molecule has 7 nitrogen and oxygen atoms in total. The third-order valence-corrected chi connectivity index (χ3v) is 4.92. The van der Waals surface area contributed by atoms with Crippen molar-refractivity contribution in [2.24, 2.45) is 4.99 Å². The number of aryl methyl sites for hydroxylation is 2. The van der Waals surface area contributed by atoms with Crippen molar-refractivity contribution in [3.8, 4) is 0 Å². The number of nitrogens with one attached hydrogen (secondary N) is 2. The molecule has 0 bridgehead atoms. The highest BCUT2D eigenvalue weighted by Gasteiger charge is 2.16. The van der Waals surface area contributed by atoms with Crippen molar-refractivity contribution < 1.29 is 0 Å². The maximum atomic E-state index is 12.3. The molecular weight excluding hydrogens is 364 g/mol. The molecule has 2 heterocycles. The molecule has 1 aromatic heterocycles. The van der Waals surface area contributed by atoms with Gasteiger partial charge in [0.05, 0.1) is 0 Å². The van der Waals surface area contributed by atoms with Crippen LogP contribution in [0.25, 0.3) is 0 Å². The number of hydrogen-bond acceptors (Lipinski definition) is 3. The van der Waals surface area contributed by atoms with Crippen LogP contribution in [-0.2, 0) is 25.9 Å². The minimum atomic E-state index is 0.0220. The molecule has 0 radical (unpaired) electrons. The summed E-state index contributed by atoms with van der Waals surface area (Å²) in [5.74, 6) is 1.69. The Bertz CT molecular complexity index is 841. The summed E-state index contributed by atoms with van der Waals surface area (Å²) in [5.41, 5.74) is 1.21. The molecule has 1 aromatic carbocycles. The molecule has 2 N–H and O–H groups in total. The Morgan fingerprint density at radius 2 is 2.15 bits per heavy atom.